The van der Waals surface area contributed by atoms with Gasteiger partial charge in [0.2, 0.25) is 5.91 Å². The van der Waals surface area contributed by atoms with Crippen molar-refractivity contribution in [2.45, 2.75) is 26.2 Å². The monoisotopic (exact) mass is 446 g/mol. The summed E-state index contributed by atoms with van der Waals surface area (Å²) in [4.78, 5) is 32.0. The molecule has 3 aromatic rings. The molecular weight excluding hydrogens is 416 g/mol. The summed E-state index contributed by atoms with van der Waals surface area (Å²) in [5, 5.41) is 0. The second-order valence-corrected chi connectivity index (χ2v) is 10.2. The zero-order valence-corrected chi connectivity index (χ0v) is 19.8. The molecule has 0 bridgehead atoms. The van der Waals surface area contributed by atoms with Crippen LogP contribution in [0.15, 0.2) is 66.7 Å². The first kappa shape index (κ1) is 22.3. The van der Waals surface area contributed by atoms with E-state index in [9.17, 15) is 9.59 Å². The zero-order valence-electron chi connectivity index (χ0n) is 19.0. The van der Waals surface area contributed by atoms with Crippen LogP contribution >= 0.6 is 11.3 Å². The van der Waals surface area contributed by atoms with Gasteiger partial charge in [-0.05, 0) is 55.0 Å². The van der Waals surface area contributed by atoms with E-state index in [0.717, 1.165) is 15.3 Å². The van der Waals surface area contributed by atoms with E-state index in [1.165, 1.54) is 22.5 Å². The van der Waals surface area contributed by atoms with Gasteiger partial charge in [0.05, 0.1) is 10.3 Å². The lowest BCUT2D eigenvalue weighted by atomic mass is 9.71. The number of piperidine rings is 1. The van der Waals surface area contributed by atoms with Crippen LogP contribution in [0.5, 0.6) is 0 Å². The highest BCUT2D eigenvalue weighted by atomic mass is 32.1. The Morgan fingerprint density at radius 3 is 2.22 bits per heavy atom. The van der Waals surface area contributed by atoms with E-state index < -0.39 is 5.41 Å². The second-order valence-electron chi connectivity index (χ2n) is 8.88. The number of amides is 2. The maximum absolute atomic E-state index is 13.4. The second kappa shape index (κ2) is 9.29. The summed E-state index contributed by atoms with van der Waals surface area (Å²) in [5.74, 6) is 0.234. The van der Waals surface area contributed by atoms with E-state index in [1.54, 1.807) is 4.90 Å². The van der Waals surface area contributed by atoms with Gasteiger partial charge in [-0.1, -0.05) is 54.6 Å². The molecule has 0 unspecified atom stereocenters. The molecule has 0 spiro atoms. The number of benzene rings is 2. The topological polar surface area (TPSA) is 40.6 Å². The summed E-state index contributed by atoms with van der Waals surface area (Å²) in [6, 6.07) is 22.6. The van der Waals surface area contributed by atoms with Crippen LogP contribution in [0.4, 0.5) is 0 Å². The molecule has 0 atom stereocenters. The Morgan fingerprint density at radius 2 is 1.59 bits per heavy atom. The number of aryl methyl sites for hydroxylation is 1. The van der Waals surface area contributed by atoms with E-state index in [-0.39, 0.29) is 11.8 Å². The minimum atomic E-state index is -0.503. The maximum atomic E-state index is 13.4. The molecule has 0 saturated carbocycles. The fraction of sp³-hybridized carbons (Fsp3) is 0.333. The Bertz CT molecular complexity index is 1100. The highest BCUT2D eigenvalue weighted by molar-refractivity contribution is 7.13. The predicted molar refractivity (Wildman–Crippen MR) is 131 cm³/mol. The number of hydrogen-bond donors (Lipinski definition) is 0. The Hall–Kier alpha value is -2.92. The van der Waals surface area contributed by atoms with Crippen LogP contribution in [0.3, 0.4) is 0 Å². The molecule has 4 nitrogen and oxygen atoms in total. The summed E-state index contributed by atoms with van der Waals surface area (Å²) in [7, 11) is 3.66. The van der Waals surface area contributed by atoms with Crippen LogP contribution in [0.2, 0.25) is 0 Å². The minimum absolute atomic E-state index is 0.0821. The smallest absolute Gasteiger partial charge is 0.263 e. The van der Waals surface area contributed by atoms with Gasteiger partial charge in [-0.25, -0.2) is 0 Å². The van der Waals surface area contributed by atoms with Crippen LogP contribution in [-0.4, -0.2) is 48.8 Å². The van der Waals surface area contributed by atoms with E-state index in [0.29, 0.717) is 32.4 Å². The summed E-state index contributed by atoms with van der Waals surface area (Å²) < 4.78 is 0. The summed E-state index contributed by atoms with van der Waals surface area (Å²) in [5.41, 5.74) is 3.02. The van der Waals surface area contributed by atoms with Crippen molar-refractivity contribution >= 4 is 23.2 Å². The Labute approximate surface area is 194 Å². The molecule has 2 aromatic carbocycles. The molecule has 166 valence electrons. The van der Waals surface area contributed by atoms with Gasteiger partial charge < -0.3 is 9.80 Å². The third kappa shape index (κ3) is 4.49. The molecule has 2 heterocycles. The van der Waals surface area contributed by atoms with Crippen molar-refractivity contribution in [3.8, 4) is 11.1 Å². The Balaban J connectivity index is 1.60. The predicted octanol–water partition coefficient (Wildman–Crippen LogP) is 5.28. The number of rotatable bonds is 5. The molecular formula is C27H30N2O2S. The van der Waals surface area contributed by atoms with Crippen LogP contribution in [0.1, 0.15) is 33.0 Å². The van der Waals surface area contributed by atoms with Crippen LogP contribution in [0.25, 0.3) is 11.1 Å². The lowest BCUT2D eigenvalue weighted by Gasteiger charge is -2.42. The first-order valence-corrected chi connectivity index (χ1v) is 11.9. The van der Waals surface area contributed by atoms with Gasteiger partial charge in [0.15, 0.2) is 0 Å². The average Bonchev–Trinajstić information content (AvgIpc) is 3.25. The first-order valence-electron chi connectivity index (χ1n) is 11.1. The number of carbonyl (C=O) groups is 2. The van der Waals surface area contributed by atoms with Crippen LogP contribution in [0, 0.1) is 12.3 Å². The normalized spacial score (nSPS) is 15.4. The number of hydrogen-bond acceptors (Lipinski definition) is 3. The van der Waals surface area contributed by atoms with Gasteiger partial charge in [0, 0.05) is 32.1 Å². The number of carbonyl (C=O) groups excluding carboxylic acids is 2. The molecule has 1 saturated heterocycles. The fourth-order valence-electron chi connectivity index (χ4n) is 4.72. The standard InChI is InChI=1S/C27H30N2O2S/c1-20-13-14-24(32-20)25(30)29-17-15-27(16-18-29,26(31)28(2)3)19-22-11-7-8-12-23(22)21-9-5-4-6-10-21/h4-14H,15-19H2,1-3H3. The molecule has 0 N–H and O–H groups in total. The molecule has 0 aliphatic carbocycles. The number of likely N-dealkylation sites (tertiary alicyclic amines) is 1. The summed E-state index contributed by atoms with van der Waals surface area (Å²) in [6.45, 7) is 3.22. The van der Waals surface area contributed by atoms with Gasteiger partial charge >= 0.3 is 0 Å². The third-order valence-corrected chi connectivity index (χ3v) is 7.44. The molecule has 32 heavy (non-hydrogen) atoms. The quantitative estimate of drug-likeness (QED) is 0.535. The van der Waals surface area contributed by atoms with Gasteiger partial charge in [0.25, 0.3) is 5.91 Å². The van der Waals surface area contributed by atoms with Crippen molar-refractivity contribution in [2.24, 2.45) is 5.41 Å². The molecule has 1 aliphatic rings. The molecule has 1 aromatic heterocycles. The highest BCUT2D eigenvalue weighted by Crippen LogP contribution is 2.39. The Morgan fingerprint density at radius 1 is 0.938 bits per heavy atom. The van der Waals surface area contributed by atoms with Crippen molar-refractivity contribution in [3.05, 3.63) is 82.0 Å². The van der Waals surface area contributed by atoms with Gasteiger partial charge in [-0.15, -0.1) is 11.3 Å². The molecule has 2 amide bonds. The molecule has 1 aliphatic heterocycles. The molecule has 0 radical (unpaired) electrons. The van der Waals surface area contributed by atoms with E-state index in [4.69, 9.17) is 0 Å². The zero-order chi connectivity index (χ0) is 22.7. The largest absolute Gasteiger partial charge is 0.348 e. The lowest BCUT2D eigenvalue weighted by Crippen LogP contribution is -2.51. The van der Waals surface area contributed by atoms with Crippen molar-refractivity contribution < 1.29 is 9.59 Å². The minimum Gasteiger partial charge on any atom is -0.348 e. The van der Waals surface area contributed by atoms with Crippen LogP contribution in [-0.2, 0) is 11.2 Å². The summed E-state index contributed by atoms with van der Waals surface area (Å²) >= 11 is 1.54. The SMILES string of the molecule is Cc1ccc(C(=O)N2CCC(Cc3ccccc3-c3ccccc3)(C(=O)N(C)C)CC2)s1. The Kier molecular flexibility index (Phi) is 6.47. The lowest BCUT2D eigenvalue weighted by molar-refractivity contribution is -0.142. The maximum Gasteiger partial charge on any atom is 0.263 e. The molecule has 4 rings (SSSR count). The van der Waals surface area contributed by atoms with Crippen molar-refractivity contribution in [1.29, 1.82) is 0 Å². The average molecular weight is 447 g/mol. The molecule has 1 fully saturated rings. The number of nitrogens with zero attached hydrogens (tertiary/aromatic N) is 2. The first-order chi connectivity index (χ1) is 15.4. The van der Waals surface area contributed by atoms with Crippen molar-refractivity contribution in [3.63, 3.8) is 0 Å². The molecule has 5 heteroatoms. The van der Waals surface area contributed by atoms with Gasteiger partial charge in [-0.2, -0.15) is 0 Å². The number of thiophene rings is 1. The van der Waals surface area contributed by atoms with E-state index in [2.05, 4.69) is 30.3 Å². The van der Waals surface area contributed by atoms with E-state index in [1.807, 2.05) is 62.3 Å². The van der Waals surface area contributed by atoms with Crippen molar-refractivity contribution in [2.75, 3.05) is 27.2 Å². The van der Waals surface area contributed by atoms with Crippen molar-refractivity contribution in [1.82, 2.24) is 9.80 Å². The highest BCUT2D eigenvalue weighted by Gasteiger charge is 2.43. The van der Waals surface area contributed by atoms with Gasteiger partial charge in [0.1, 0.15) is 0 Å². The van der Waals surface area contributed by atoms with E-state index >= 15 is 0 Å². The van der Waals surface area contributed by atoms with Gasteiger partial charge in [-0.3, -0.25) is 9.59 Å². The fourth-order valence-corrected chi connectivity index (χ4v) is 5.56. The summed E-state index contributed by atoms with van der Waals surface area (Å²) in [6.07, 6.45) is 2.02. The third-order valence-electron chi connectivity index (χ3n) is 6.45. The van der Waals surface area contributed by atoms with Crippen LogP contribution < -0.4 is 0 Å².